The number of hydrogen-bond acceptors (Lipinski definition) is 1. The van der Waals surface area contributed by atoms with Gasteiger partial charge in [0.1, 0.15) is 23.3 Å². The Hall–Kier alpha value is -1.88. The Morgan fingerprint density at radius 1 is 0.762 bits per heavy atom. The molecular formula is C16H15F4N. The van der Waals surface area contributed by atoms with Gasteiger partial charge in [0.05, 0.1) is 6.04 Å². The Balaban J connectivity index is 2.46. The molecule has 0 heterocycles. The van der Waals surface area contributed by atoms with E-state index in [9.17, 15) is 17.6 Å². The summed E-state index contributed by atoms with van der Waals surface area (Å²) in [7, 11) is 0. The smallest absolute Gasteiger partial charge is 0.126 e. The van der Waals surface area contributed by atoms with Crippen LogP contribution < -0.4 is 5.32 Å². The molecular weight excluding hydrogens is 282 g/mol. The summed E-state index contributed by atoms with van der Waals surface area (Å²) in [6.45, 7) is 2.46. The standard InChI is InChI=1S/C16H15F4N/c1-2-3-21-16(10-4-12(17)8-13(18)5-10)11-6-14(19)9-15(20)7-11/h4-9,16,21H,2-3H2,1H3. The molecule has 0 bridgehead atoms. The minimum absolute atomic E-state index is 0.283. The minimum Gasteiger partial charge on any atom is -0.306 e. The van der Waals surface area contributed by atoms with Gasteiger partial charge < -0.3 is 5.32 Å². The van der Waals surface area contributed by atoms with Crippen molar-refractivity contribution in [2.24, 2.45) is 0 Å². The van der Waals surface area contributed by atoms with Gasteiger partial charge in [0.15, 0.2) is 0 Å². The quantitative estimate of drug-likeness (QED) is 0.810. The van der Waals surface area contributed by atoms with Crippen molar-refractivity contribution in [3.05, 3.63) is 70.8 Å². The molecule has 0 radical (unpaired) electrons. The van der Waals surface area contributed by atoms with Gasteiger partial charge in [-0.1, -0.05) is 6.92 Å². The van der Waals surface area contributed by atoms with E-state index in [4.69, 9.17) is 0 Å². The molecule has 0 saturated carbocycles. The van der Waals surface area contributed by atoms with Gasteiger partial charge in [-0.25, -0.2) is 17.6 Å². The Morgan fingerprint density at radius 3 is 1.48 bits per heavy atom. The van der Waals surface area contributed by atoms with Crippen molar-refractivity contribution in [3.8, 4) is 0 Å². The maximum Gasteiger partial charge on any atom is 0.126 e. The van der Waals surface area contributed by atoms with E-state index in [1.54, 1.807) is 0 Å². The normalized spacial score (nSPS) is 11.1. The summed E-state index contributed by atoms with van der Waals surface area (Å²) in [6, 6.07) is 5.44. The van der Waals surface area contributed by atoms with Crippen molar-refractivity contribution in [1.29, 1.82) is 0 Å². The molecule has 0 aliphatic rings. The minimum atomic E-state index is -0.731. The fourth-order valence-corrected chi connectivity index (χ4v) is 2.20. The maximum absolute atomic E-state index is 13.4. The average Bonchev–Trinajstić information content (AvgIpc) is 2.37. The van der Waals surface area contributed by atoms with Gasteiger partial charge in [0.2, 0.25) is 0 Å². The molecule has 0 fully saturated rings. The number of halogens is 4. The summed E-state index contributed by atoms with van der Waals surface area (Å²) in [5.41, 5.74) is 0.567. The van der Waals surface area contributed by atoms with Crippen LogP contribution in [0.4, 0.5) is 17.6 Å². The maximum atomic E-state index is 13.4. The van der Waals surface area contributed by atoms with Crippen LogP contribution in [0.2, 0.25) is 0 Å². The third-order valence-corrected chi connectivity index (χ3v) is 3.03. The van der Waals surface area contributed by atoms with Crippen LogP contribution in [0.3, 0.4) is 0 Å². The van der Waals surface area contributed by atoms with Gasteiger partial charge in [0.25, 0.3) is 0 Å². The van der Waals surface area contributed by atoms with Crippen molar-refractivity contribution in [1.82, 2.24) is 5.32 Å². The molecule has 0 atom stereocenters. The third kappa shape index (κ3) is 4.04. The molecule has 0 aliphatic carbocycles. The van der Waals surface area contributed by atoms with E-state index in [2.05, 4.69) is 5.32 Å². The Labute approximate surface area is 120 Å². The first kappa shape index (κ1) is 15.5. The van der Waals surface area contributed by atoms with Crippen molar-refractivity contribution in [3.63, 3.8) is 0 Å². The first-order valence-corrected chi connectivity index (χ1v) is 6.65. The largest absolute Gasteiger partial charge is 0.306 e. The first-order chi connectivity index (χ1) is 9.99. The average molecular weight is 297 g/mol. The molecule has 2 rings (SSSR count). The van der Waals surface area contributed by atoms with Crippen LogP contribution in [0, 0.1) is 23.3 Å². The lowest BCUT2D eigenvalue weighted by atomic mass is 9.98. The van der Waals surface area contributed by atoms with E-state index in [0.29, 0.717) is 6.54 Å². The summed E-state index contributed by atoms with van der Waals surface area (Å²) in [4.78, 5) is 0. The van der Waals surface area contributed by atoms with Crippen LogP contribution in [-0.2, 0) is 0 Å². The van der Waals surface area contributed by atoms with Crippen LogP contribution in [0.1, 0.15) is 30.5 Å². The van der Waals surface area contributed by atoms with Crippen molar-refractivity contribution in [2.45, 2.75) is 19.4 Å². The molecule has 0 spiro atoms. The second-order valence-electron chi connectivity index (χ2n) is 4.79. The molecule has 1 nitrogen and oxygen atoms in total. The van der Waals surface area contributed by atoms with Crippen molar-refractivity contribution in [2.75, 3.05) is 6.54 Å². The molecule has 0 aromatic heterocycles. The van der Waals surface area contributed by atoms with Gasteiger partial charge in [0, 0.05) is 12.1 Å². The van der Waals surface area contributed by atoms with E-state index in [1.165, 1.54) is 0 Å². The van der Waals surface area contributed by atoms with E-state index in [1.807, 2.05) is 6.92 Å². The highest BCUT2D eigenvalue weighted by Crippen LogP contribution is 2.25. The van der Waals surface area contributed by atoms with Crippen LogP contribution in [-0.4, -0.2) is 6.54 Å². The summed E-state index contributed by atoms with van der Waals surface area (Å²) in [5.74, 6) is -2.93. The topological polar surface area (TPSA) is 12.0 Å². The summed E-state index contributed by atoms with van der Waals surface area (Å²) in [6.07, 6.45) is 0.770. The van der Waals surface area contributed by atoms with Crippen LogP contribution >= 0.6 is 0 Å². The molecule has 0 saturated heterocycles. The highest BCUT2D eigenvalue weighted by atomic mass is 19.1. The number of benzene rings is 2. The molecule has 21 heavy (non-hydrogen) atoms. The van der Waals surface area contributed by atoms with E-state index >= 15 is 0 Å². The van der Waals surface area contributed by atoms with E-state index in [0.717, 1.165) is 42.8 Å². The lowest BCUT2D eigenvalue weighted by molar-refractivity contribution is 0.546. The number of rotatable bonds is 5. The van der Waals surface area contributed by atoms with Gasteiger partial charge in [-0.2, -0.15) is 0 Å². The third-order valence-electron chi connectivity index (χ3n) is 3.03. The highest BCUT2D eigenvalue weighted by Gasteiger charge is 2.17. The summed E-state index contributed by atoms with van der Waals surface area (Å²) >= 11 is 0. The zero-order valence-corrected chi connectivity index (χ0v) is 11.5. The highest BCUT2D eigenvalue weighted by molar-refractivity contribution is 5.33. The molecule has 0 unspecified atom stereocenters. The second-order valence-corrected chi connectivity index (χ2v) is 4.79. The van der Waals surface area contributed by atoms with Gasteiger partial charge >= 0.3 is 0 Å². The van der Waals surface area contributed by atoms with Crippen molar-refractivity contribution < 1.29 is 17.6 Å². The Bertz CT molecular complexity index is 536. The molecule has 2 aromatic rings. The fourth-order valence-electron chi connectivity index (χ4n) is 2.20. The SMILES string of the molecule is CCCNC(c1cc(F)cc(F)c1)c1cc(F)cc(F)c1. The lowest BCUT2D eigenvalue weighted by Gasteiger charge is -2.20. The Kier molecular flexibility index (Phi) is 4.96. The zero-order chi connectivity index (χ0) is 15.4. The van der Waals surface area contributed by atoms with Crippen LogP contribution in [0.15, 0.2) is 36.4 Å². The molecule has 0 amide bonds. The summed E-state index contributed by atoms with van der Waals surface area (Å²) < 4.78 is 53.5. The van der Waals surface area contributed by atoms with Crippen LogP contribution in [0.5, 0.6) is 0 Å². The molecule has 0 aliphatic heterocycles. The monoisotopic (exact) mass is 297 g/mol. The fraction of sp³-hybridized carbons (Fsp3) is 0.250. The predicted molar refractivity (Wildman–Crippen MR) is 72.9 cm³/mol. The molecule has 112 valence electrons. The zero-order valence-electron chi connectivity index (χ0n) is 11.5. The Morgan fingerprint density at radius 2 is 1.14 bits per heavy atom. The van der Waals surface area contributed by atoms with Gasteiger partial charge in [-0.3, -0.25) is 0 Å². The predicted octanol–water partition coefficient (Wildman–Crippen LogP) is 4.33. The molecule has 1 N–H and O–H groups in total. The number of nitrogens with one attached hydrogen (secondary N) is 1. The lowest BCUT2D eigenvalue weighted by Crippen LogP contribution is -2.23. The summed E-state index contributed by atoms with van der Waals surface area (Å²) in [5, 5.41) is 3.04. The van der Waals surface area contributed by atoms with Gasteiger partial charge in [-0.05, 0) is 48.4 Å². The first-order valence-electron chi connectivity index (χ1n) is 6.65. The van der Waals surface area contributed by atoms with E-state index < -0.39 is 29.3 Å². The van der Waals surface area contributed by atoms with Gasteiger partial charge in [-0.15, -0.1) is 0 Å². The van der Waals surface area contributed by atoms with Crippen molar-refractivity contribution >= 4 is 0 Å². The van der Waals surface area contributed by atoms with E-state index in [-0.39, 0.29) is 11.1 Å². The number of hydrogen-bond donors (Lipinski definition) is 1. The molecule has 2 aromatic carbocycles. The second kappa shape index (κ2) is 6.72. The van der Waals surface area contributed by atoms with Crippen LogP contribution in [0.25, 0.3) is 0 Å². The molecule has 5 heteroatoms.